The number of aryl methyl sites for hydroxylation is 1. The number of hydrogen-bond donors (Lipinski definition) is 0. The molecule has 0 bridgehead atoms. The number of rotatable bonds is 5. The van der Waals surface area contributed by atoms with Gasteiger partial charge in [-0.3, -0.25) is 11.3 Å². The Bertz CT molecular complexity index is 240. The van der Waals surface area contributed by atoms with E-state index in [1.165, 1.54) is 41.5 Å². The van der Waals surface area contributed by atoms with Gasteiger partial charge >= 0.3 is 40.5 Å². The fraction of sp³-hybridized carbons (Fsp3) is 0.600. The van der Waals surface area contributed by atoms with Crippen LogP contribution in [0.3, 0.4) is 0 Å². The van der Waals surface area contributed by atoms with E-state index in [0.717, 1.165) is 0 Å². The van der Waals surface area contributed by atoms with E-state index in [2.05, 4.69) is 61.5 Å². The first-order valence-corrected chi connectivity index (χ1v) is 20.5. The SMILES string of the molecule is CCCCCCc1c[c-]sc1Br.[Br][Zn][Br]. The van der Waals surface area contributed by atoms with Crippen LogP contribution in [0.4, 0.5) is 0 Å². The van der Waals surface area contributed by atoms with Crippen molar-refractivity contribution in [1.82, 2.24) is 0 Å². The average Bonchev–Trinajstić information content (AvgIpc) is 2.60. The van der Waals surface area contributed by atoms with Gasteiger partial charge in [-0.25, -0.2) is 0 Å². The van der Waals surface area contributed by atoms with Gasteiger partial charge in [0.2, 0.25) is 0 Å². The van der Waals surface area contributed by atoms with Crippen LogP contribution in [0.1, 0.15) is 38.2 Å². The summed E-state index contributed by atoms with van der Waals surface area (Å²) < 4.78 is 1.26. The van der Waals surface area contributed by atoms with Gasteiger partial charge in [-0.1, -0.05) is 42.8 Å². The number of thiophene rings is 1. The van der Waals surface area contributed by atoms with Gasteiger partial charge < -0.3 is 0 Å². The topological polar surface area (TPSA) is 0 Å². The first-order valence-electron chi connectivity index (χ1n) is 5.02. The molecule has 5 heteroatoms. The van der Waals surface area contributed by atoms with E-state index >= 15 is 0 Å². The molecule has 84 valence electrons. The van der Waals surface area contributed by atoms with Crippen LogP contribution in [0.25, 0.3) is 0 Å². The summed E-state index contributed by atoms with van der Waals surface area (Å²) in [5.41, 5.74) is 1.43. The average molecular weight is 471 g/mol. The first-order chi connectivity index (χ1) is 7.26. The normalized spacial score (nSPS) is 9.07. The summed E-state index contributed by atoms with van der Waals surface area (Å²) in [7, 11) is 0. The second-order valence-corrected chi connectivity index (χ2v) is 19.3. The van der Waals surface area contributed by atoms with Gasteiger partial charge in [0.05, 0.1) is 0 Å². The van der Waals surface area contributed by atoms with E-state index in [-0.39, 0.29) is 13.2 Å². The van der Waals surface area contributed by atoms with Crippen molar-refractivity contribution in [2.24, 2.45) is 0 Å². The van der Waals surface area contributed by atoms with Crippen molar-refractivity contribution >= 4 is 54.5 Å². The zero-order valence-corrected chi connectivity index (χ0v) is 17.4. The zero-order valence-electron chi connectivity index (χ0n) is 8.86. The Morgan fingerprint density at radius 3 is 2.47 bits per heavy atom. The summed E-state index contributed by atoms with van der Waals surface area (Å²) in [6.45, 7) is 2.24. The summed E-state index contributed by atoms with van der Waals surface area (Å²) in [4.78, 5) is 0. The van der Waals surface area contributed by atoms with Crippen molar-refractivity contribution in [2.45, 2.75) is 39.0 Å². The van der Waals surface area contributed by atoms with Crippen molar-refractivity contribution < 1.29 is 13.2 Å². The Morgan fingerprint density at radius 1 is 1.33 bits per heavy atom. The molecule has 1 aromatic rings. The third-order valence-electron chi connectivity index (χ3n) is 1.93. The Kier molecular flexibility index (Phi) is 13.7. The number of hydrogen-bond acceptors (Lipinski definition) is 1. The molecule has 0 nitrogen and oxygen atoms in total. The molecule has 15 heavy (non-hydrogen) atoms. The molecular formula is C10H14Br3SZn-. The predicted molar refractivity (Wildman–Crippen MR) is 76.6 cm³/mol. The van der Waals surface area contributed by atoms with Crippen LogP contribution >= 0.6 is 54.5 Å². The van der Waals surface area contributed by atoms with Crippen LogP contribution in [-0.2, 0) is 19.6 Å². The molecule has 0 spiro atoms. The first kappa shape index (κ1) is 16.8. The van der Waals surface area contributed by atoms with Crippen molar-refractivity contribution in [1.29, 1.82) is 0 Å². The molecule has 0 aliphatic rings. The van der Waals surface area contributed by atoms with E-state index < -0.39 is 0 Å². The summed E-state index contributed by atoms with van der Waals surface area (Å²) in [6, 6.07) is 2.10. The van der Waals surface area contributed by atoms with Crippen molar-refractivity contribution in [3.8, 4) is 0 Å². The molecule has 0 atom stereocenters. The Labute approximate surface area is 126 Å². The molecule has 0 aliphatic carbocycles. The molecule has 1 rings (SSSR count). The third kappa shape index (κ3) is 9.46. The molecule has 0 N–H and O–H groups in total. The van der Waals surface area contributed by atoms with E-state index in [4.69, 9.17) is 0 Å². The Balaban J connectivity index is 0.000000583. The molecule has 0 radical (unpaired) electrons. The minimum absolute atomic E-state index is 0.250. The molecule has 0 aliphatic heterocycles. The summed E-state index contributed by atoms with van der Waals surface area (Å²) in [6.07, 6.45) is 6.57. The van der Waals surface area contributed by atoms with E-state index in [1.807, 2.05) is 0 Å². The third-order valence-corrected chi connectivity index (χ3v) is 3.61. The maximum absolute atomic E-state index is 3.52. The summed E-state index contributed by atoms with van der Waals surface area (Å²) >= 11 is 11.4. The molecule has 0 saturated heterocycles. The van der Waals surface area contributed by atoms with Crippen LogP contribution in [0.2, 0.25) is 0 Å². The number of unbranched alkanes of at least 4 members (excludes halogenated alkanes) is 3. The molecule has 1 aromatic heterocycles. The van der Waals surface area contributed by atoms with Crippen LogP contribution < -0.4 is 0 Å². The molecule has 0 unspecified atom stereocenters. The quantitative estimate of drug-likeness (QED) is 0.276. The van der Waals surface area contributed by atoms with Crippen LogP contribution in [0.15, 0.2) is 9.85 Å². The molecule has 0 amide bonds. The van der Waals surface area contributed by atoms with Crippen LogP contribution in [-0.4, -0.2) is 0 Å². The standard InChI is InChI=1S/C10H14BrS.2BrH.Zn/c1-2-3-4-5-6-9-7-8-12-10(9)11;;;/h7H,2-6H2,1H3;2*1H;/q-1;;;+2/p-2. The second kappa shape index (κ2) is 12.2. The number of halogens is 3. The Morgan fingerprint density at radius 2 is 2.00 bits per heavy atom. The van der Waals surface area contributed by atoms with Crippen LogP contribution in [0, 0.1) is 5.38 Å². The molecule has 1 heterocycles. The van der Waals surface area contributed by atoms with E-state index in [1.54, 1.807) is 11.3 Å². The monoisotopic (exact) mass is 467 g/mol. The fourth-order valence-corrected chi connectivity index (χ4v) is 2.38. The minimum atomic E-state index is -0.250. The van der Waals surface area contributed by atoms with Crippen molar-refractivity contribution in [3.63, 3.8) is 0 Å². The van der Waals surface area contributed by atoms with Gasteiger partial charge in [0.25, 0.3) is 0 Å². The van der Waals surface area contributed by atoms with Gasteiger partial charge in [-0.05, 0) is 0 Å². The van der Waals surface area contributed by atoms with E-state index in [0.29, 0.717) is 0 Å². The zero-order chi connectivity index (χ0) is 11.5. The van der Waals surface area contributed by atoms with Gasteiger partial charge in [0.1, 0.15) is 0 Å². The molecule has 0 fully saturated rings. The van der Waals surface area contributed by atoms with Gasteiger partial charge in [0, 0.05) is 0 Å². The van der Waals surface area contributed by atoms with Crippen molar-refractivity contribution in [2.75, 3.05) is 0 Å². The fourth-order valence-electron chi connectivity index (χ4n) is 1.19. The second-order valence-electron chi connectivity index (χ2n) is 3.07. The predicted octanol–water partition coefficient (Wildman–Crippen LogP) is 6.12. The summed E-state index contributed by atoms with van der Waals surface area (Å²) in [5, 5.41) is 3.13. The van der Waals surface area contributed by atoms with Gasteiger partial charge in [0.15, 0.2) is 0 Å². The molecular weight excluding hydrogens is 457 g/mol. The van der Waals surface area contributed by atoms with Crippen LogP contribution in [0.5, 0.6) is 0 Å². The van der Waals surface area contributed by atoms with Gasteiger partial charge in [-0.2, -0.15) is 11.6 Å². The van der Waals surface area contributed by atoms with Crippen molar-refractivity contribution in [3.05, 3.63) is 20.8 Å². The Hall–Kier alpha value is 1.76. The molecule has 0 aromatic carbocycles. The van der Waals surface area contributed by atoms with Gasteiger partial charge in [-0.15, -0.1) is 21.3 Å². The van der Waals surface area contributed by atoms with E-state index in [9.17, 15) is 0 Å². The maximum atomic E-state index is 3.52. The summed E-state index contributed by atoms with van der Waals surface area (Å²) in [5.74, 6) is 0. The molecule has 0 saturated carbocycles.